The minimum absolute atomic E-state index is 0.133. The molecule has 0 aliphatic heterocycles. The summed E-state index contributed by atoms with van der Waals surface area (Å²) in [5, 5.41) is 10.7. The van der Waals surface area contributed by atoms with Gasteiger partial charge in [-0.15, -0.1) is 0 Å². The van der Waals surface area contributed by atoms with Crippen LogP contribution in [0, 0.1) is 5.41 Å². The van der Waals surface area contributed by atoms with Gasteiger partial charge in [-0.05, 0) is 37.5 Å². The zero-order chi connectivity index (χ0) is 17.9. The van der Waals surface area contributed by atoms with Crippen LogP contribution < -0.4 is 10.6 Å². The molecule has 0 radical (unpaired) electrons. The Labute approximate surface area is 151 Å². The fourth-order valence-electron chi connectivity index (χ4n) is 3.20. The number of amides is 2. The van der Waals surface area contributed by atoms with Crippen LogP contribution in [0.4, 0.5) is 0 Å². The van der Waals surface area contributed by atoms with E-state index in [1.54, 1.807) is 0 Å². The van der Waals surface area contributed by atoms with Gasteiger partial charge in [0.25, 0.3) is 0 Å². The number of hydrogen-bond acceptors (Lipinski definition) is 2. The van der Waals surface area contributed by atoms with E-state index in [1.165, 1.54) is 0 Å². The predicted octanol–water partition coefficient (Wildman–Crippen LogP) is 3.93. The van der Waals surface area contributed by atoms with E-state index in [9.17, 15) is 9.59 Å². The molecular formula is C18H36N2O2Ti. The Balaban J connectivity index is 0.00000149. The van der Waals surface area contributed by atoms with Gasteiger partial charge in [-0.25, -0.2) is 0 Å². The van der Waals surface area contributed by atoms with E-state index in [-0.39, 0.29) is 29.3 Å². The summed E-state index contributed by atoms with van der Waals surface area (Å²) in [5.74, 6) is 0.266. The third kappa shape index (κ3) is 10.9. The van der Waals surface area contributed by atoms with Crippen LogP contribution in [-0.2, 0) is 28.7 Å². The summed E-state index contributed by atoms with van der Waals surface area (Å²) < 4.78 is 0. The first kappa shape index (κ1) is 22.7. The standard InChI is InChI=1S/C16H30N2O2.2CH3.Ti/c1-5-7-14(19)17-12-9-13(11-16(3,4)10-12)18-15(20)8-6-2;;;/h12-13H,5-11H2,1-4H3,(H,17,19)(H,18,20);2*1H3;. The van der Waals surface area contributed by atoms with Crippen LogP contribution in [0.25, 0.3) is 0 Å². The average Bonchev–Trinajstić information content (AvgIpc) is 2.37. The number of carbonyl (C=O) groups is 2. The predicted molar refractivity (Wildman–Crippen MR) is 93.0 cm³/mol. The third-order valence-corrected chi connectivity index (χ3v) is 3.85. The van der Waals surface area contributed by atoms with Crippen molar-refractivity contribution in [2.45, 2.75) is 95.2 Å². The summed E-state index contributed by atoms with van der Waals surface area (Å²) in [7, 11) is 0. The van der Waals surface area contributed by atoms with Crippen LogP contribution in [0.15, 0.2) is 0 Å². The fourth-order valence-corrected chi connectivity index (χ4v) is 3.20. The number of hydrogen-bond donors (Lipinski definition) is 2. The van der Waals surface area contributed by atoms with E-state index in [0.29, 0.717) is 32.0 Å². The third-order valence-electron chi connectivity index (χ3n) is 3.85. The molecule has 1 rings (SSSR count). The molecule has 1 aliphatic carbocycles. The van der Waals surface area contributed by atoms with Crippen LogP contribution in [0.2, 0.25) is 10.5 Å². The van der Waals surface area contributed by atoms with Crippen molar-refractivity contribution < 1.29 is 28.7 Å². The van der Waals surface area contributed by atoms with Gasteiger partial charge in [0.15, 0.2) is 0 Å². The number of nitrogens with one attached hydrogen (secondary N) is 2. The average molecular weight is 360 g/mol. The fraction of sp³-hybridized carbons (Fsp3) is 0.889. The molecule has 1 saturated carbocycles. The molecule has 4 nitrogen and oxygen atoms in total. The first-order valence-electron chi connectivity index (χ1n) is 8.95. The van der Waals surface area contributed by atoms with E-state index in [1.807, 2.05) is 13.8 Å². The zero-order valence-electron chi connectivity index (χ0n) is 15.9. The molecule has 1 aliphatic rings. The van der Waals surface area contributed by atoms with Crippen LogP contribution >= 0.6 is 0 Å². The van der Waals surface area contributed by atoms with Gasteiger partial charge in [0.1, 0.15) is 0 Å². The second-order valence-corrected chi connectivity index (χ2v) is 8.90. The molecule has 134 valence electrons. The second kappa shape index (κ2) is 12.1. The summed E-state index contributed by atoms with van der Waals surface area (Å²) in [4.78, 5) is 23.5. The first-order valence-corrected chi connectivity index (χ1v) is 12.1. The first-order chi connectivity index (χ1) is 10.8. The molecule has 0 heterocycles. The monoisotopic (exact) mass is 360 g/mol. The molecule has 0 saturated heterocycles. The molecule has 0 aromatic rings. The van der Waals surface area contributed by atoms with Crippen LogP contribution in [0.1, 0.15) is 72.6 Å². The Kier molecular flexibility index (Phi) is 11.9. The Morgan fingerprint density at radius 2 is 1.30 bits per heavy atom. The zero-order valence-corrected chi connectivity index (χ0v) is 17.5. The topological polar surface area (TPSA) is 58.2 Å². The second-order valence-electron chi connectivity index (χ2n) is 7.34. The molecule has 5 heteroatoms. The van der Waals surface area contributed by atoms with E-state index < -0.39 is 0 Å². The maximum absolute atomic E-state index is 11.8. The molecule has 2 unspecified atom stereocenters. The van der Waals surface area contributed by atoms with Crippen LogP contribution in [-0.4, -0.2) is 23.9 Å². The summed E-state index contributed by atoms with van der Waals surface area (Å²) in [6.07, 6.45) is 5.75. The van der Waals surface area contributed by atoms with Crippen molar-refractivity contribution >= 4 is 11.8 Å². The van der Waals surface area contributed by atoms with Gasteiger partial charge in [-0.1, -0.05) is 27.7 Å². The molecule has 0 spiro atoms. The van der Waals surface area contributed by atoms with Gasteiger partial charge in [0.2, 0.25) is 11.8 Å². The Hall–Kier alpha value is -0.346. The molecule has 0 bridgehead atoms. The number of carbonyl (C=O) groups excluding carboxylic acids is 2. The number of rotatable bonds is 6. The van der Waals surface area contributed by atoms with Crippen molar-refractivity contribution in [2.75, 3.05) is 0 Å². The van der Waals surface area contributed by atoms with E-state index in [2.05, 4.69) is 34.9 Å². The van der Waals surface area contributed by atoms with E-state index >= 15 is 0 Å². The molecule has 2 N–H and O–H groups in total. The molecule has 0 aromatic heterocycles. The maximum atomic E-state index is 11.8. The molecular weight excluding hydrogens is 324 g/mol. The summed E-state index contributed by atoms with van der Waals surface area (Å²) in [5.41, 5.74) is 0.159. The molecule has 0 aromatic carbocycles. The Morgan fingerprint density at radius 3 is 1.61 bits per heavy atom. The minimum atomic E-state index is 0.133. The quantitative estimate of drug-likeness (QED) is 0.705. The van der Waals surface area contributed by atoms with E-state index in [4.69, 9.17) is 0 Å². The summed E-state index contributed by atoms with van der Waals surface area (Å²) in [6, 6.07) is 0.370. The van der Waals surface area contributed by atoms with Crippen molar-refractivity contribution in [3.63, 3.8) is 0 Å². The Bertz CT molecular complexity index is 329. The van der Waals surface area contributed by atoms with Crippen molar-refractivity contribution in [3.8, 4) is 0 Å². The van der Waals surface area contributed by atoms with Crippen molar-refractivity contribution in [1.29, 1.82) is 0 Å². The normalized spacial score (nSPS) is 22.3. The molecule has 1 fully saturated rings. The molecule has 2 amide bonds. The summed E-state index contributed by atoms with van der Waals surface area (Å²) >= 11 is 0.500. The van der Waals surface area contributed by atoms with E-state index in [0.717, 1.165) is 32.1 Å². The molecule has 2 atom stereocenters. The van der Waals surface area contributed by atoms with Crippen LogP contribution in [0.5, 0.6) is 0 Å². The van der Waals surface area contributed by atoms with Gasteiger partial charge >= 0.3 is 29.6 Å². The van der Waals surface area contributed by atoms with Gasteiger partial charge in [0.05, 0.1) is 0 Å². The van der Waals surface area contributed by atoms with Crippen LogP contribution in [0.3, 0.4) is 0 Å². The van der Waals surface area contributed by atoms with Crippen molar-refractivity contribution in [2.24, 2.45) is 5.41 Å². The molecule has 23 heavy (non-hydrogen) atoms. The van der Waals surface area contributed by atoms with Gasteiger partial charge in [-0.3, -0.25) is 9.59 Å². The van der Waals surface area contributed by atoms with Gasteiger partial charge in [0, 0.05) is 24.9 Å². The van der Waals surface area contributed by atoms with Crippen molar-refractivity contribution in [3.05, 3.63) is 0 Å². The summed E-state index contributed by atoms with van der Waals surface area (Å²) in [6.45, 7) is 8.45. The van der Waals surface area contributed by atoms with Gasteiger partial charge in [-0.2, -0.15) is 0 Å². The van der Waals surface area contributed by atoms with Gasteiger partial charge < -0.3 is 10.6 Å². The SMILES string of the molecule is CCCC(=O)NC1CC(NC(=O)CCC)CC(C)(C)C1.[CH3][Ti][CH3]. The Morgan fingerprint density at radius 1 is 0.957 bits per heavy atom. The van der Waals surface area contributed by atoms with Crippen molar-refractivity contribution in [1.82, 2.24) is 10.6 Å².